The number of amides is 1. The number of hydrogen-bond acceptors (Lipinski definition) is 4. The second-order valence-corrected chi connectivity index (χ2v) is 6.20. The summed E-state index contributed by atoms with van der Waals surface area (Å²) in [5.74, 6) is 0.0988. The Morgan fingerprint density at radius 2 is 2.10 bits per heavy atom. The lowest BCUT2D eigenvalue weighted by Crippen LogP contribution is -2.55. The number of nitrogens with two attached hydrogens (primary N) is 1. The molecule has 5 heteroatoms. The molecule has 1 atom stereocenters. The number of morpholine rings is 1. The van der Waals surface area contributed by atoms with E-state index in [0.29, 0.717) is 25.9 Å². The minimum atomic E-state index is -0.414. The molecule has 0 aliphatic carbocycles. The van der Waals surface area contributed by atoms with E-state index < -0.39 is 5.60 Å². The Morgan fingerprint density at radius 3 is 2.71 bits per heavy atom. The van der Waals surface area contributed by atoms with Crippen LogP contribution in [0.4, 0.5) is 5.69 Å². The Morgan fingerprint density at radius 1 is 1.43 bits per heavy atom. The van der Waals surface area contributed by atoms with Crippen LogP contribution in [0.1, 0.15) is 25.8 Å². The van der Waals surface area contributed by atoms with E-state index in [4.69, 9.17) is 10.5 Å². The number of nitrogen functional groups attached to an aromatic ring is 1. The van der Waals surface area contributed by atoms with Crippen LogP contribution in [0.5, 0.6) is 0 Å². The second-order valence-electron chi connectivity index (χ2n) is 6.20. The normalized spacial score (nSPS) is 21.3. The number of rotatable bonds is 4. The van der Waals surface area contributed by atoms with Crippen molar-refractivity contribution >= 4 is 11.6 Å². The Kier molecular flexibility index (Phi) is 4.85. The minimum absolute atomic E-state index is 0.0643. The molecule has 0 saturated carbocycles. The smallest absolute Gasteiger partial charge is 0.223 e. The number of hydrogen-bond donors (Lipinski definition) is 2. The van der Waals surface area contributed by atoms with Crippen molar-refractivity contribution in [2.45, 2.75) is 38.4 Å². The van der Waals surface area contributed by atoms with Gasteiger partial charge in [0, 0.05) is 25.2 Å². The number of carbonyl (C=O) groups is 1. The maximum Gasteiger partial charge on any atom is 0.223 e. The van der Waals surface area contributed by atoms with Crippen molar-refractivity contribution < 1.29 is 14.6 Å². The molecule has 1 aliphatic heterocycles. The monoisotopic (exact) mass is 292 g/mol. The first-order valence-electron chi connectivity index (χ1n) is 7.30. The summed E-state index contributed by atoms with van der Waals surface area (Å²) in [4.78, 5) is 14.1. The molecule has 21 heavy (non-hydrogen) atoms. The van der Waals surface area contributed by atoms with Crippen LogP contribution < -0.4 is 5.73 Å². The van der Waals surface area contributed by atoms with Gasteiger partial charge in [-0.2, -0.15) is 0 Å². The van der Waals surface area contributed by atoms with E-state index in [1.54, 1.807) is 4.90 Å². The van der Waals surface area contributed by atoms with Crippen molar-refractivity contribution in [2.24, 2.45) is 0 Å². The average molecular weight is 292 g/mol. The molecule has 0 bridgehead atoms. The van der Waals surface area contributed by atoms with Crippen LogP contribution in [0.15, 0.2) is 24.3 Å². The van der Waals surface area contributed by atoms with Gasteiger partial charge in [-0.05, 0) is 38.0 Å². The second kappa shape index (κ2) is 6.45. The topological polar surface area (TPSA) is 75.8 Å². The molecule has 5 nitrogen and oxygen atoms in total. The van der Waals surface area contributed by atoms with Crippen molar-refractivity contribution in [1.82, 2.24) is 4.90 Å². The molecule has 0 spiro atoms. The summed E-state index contributed by atoms with van der Waals surface area (Å²) >= 11 is 0. The summed E-state index contributed by atoms with van der Waals surface area (Å²) in [5.41, 5.74) is 7.06. The summed E-state index contributed by atoms with van der Waals surface area (Å²) in [5, 5.41) is 9.28. The third kappa shape index (κ3) is 4.44. The van der Waals surface area contributed by atoms with Crippen molar-refractivity contribution in [3.8, 4) is 0 Å². The molecule has 1 fully saturated rings. The fraction of sp³-hybridized carbons (Fsp3) is 0.562. The van der Waals surface area contributed by atoms with Crippen LogP contribution in [0.2, 0.25) is 0 Å². The largest absolute Gasteiger partial charge is 0.399 e. The number of benzene rings is 1. The van der Waals surface area contributed by atoms with Gasteiger partial charge in [0.25, 0.3) is 0 Å². The molecule has 1 aromatic rings. The number of aliphatic hydroxyl groups excluding tert-OH is 1. The van der Waals surface area contributed by atoms with E-state index in [0.717, 1.165) is 11.3 Å². The fourth-order valence-corrected chi connectivity index (χ4v) is 2.67. The highest BCUT2D eigenvalue weighted by Crippen LogP contribution is 2.21. The Balaban J connectivity index is 1.91. The number of aryl methyl sites for hydroxylation is 1. The Bertz CT molecular complexity index is 485. The third-order valence-electron chi connectivity index (χ3n) is 3.64. The Labute approximate surface area is 125 Å². The molecule has 1 heterocycles. The van der Waals surface area contributed by atoms with Gasteiger partial charge >= 0.3 is 0 Å². The van der Waals surface area contributed by atoms with Crippen LogP contribution >= 0.6 is 0 Å². The molecule has 0 radical (unpaired) electrons. The van der Waals surface area contributed by atoms with Crippen molar-refractivity contribution in [3.05, 3.63) is 29.8 Å². The highest BCUT2D eigenvalue weighted by molar-refractivity contribution is 5.76. The molecule has 1 aliphatic rings. The number of nitrogens with zero attached hydrogens (tertiary/aromatic N) is 1. The zero-order chi connectivity index (χ0) is 15.5. The van der Waals surface area contributed by atoms with Gasteiger partial charge in [-0.1, -0.05) is 12.1 Å². The zero-order valence-electron chi connectivity index (χ0n) is 12.7. The number of anilines is 1. The molecule has 1 amide bonds. The summed E-state index contributed by atoms with van der Waals surface area (Å²) in [7, 11) is 0. The lowest BCUT2D eigenvalue weighted by molar-refractivity contribution is -0.166. The summed E-state index contributed by atoms with van der Waals surface area (Å²) in [6.45, 7) is 4.83. The first-order chi connectivity index (χ1) is 9.89. The van der Waals surface area contributed by atoms with Crippen molar-refractivity contribution in [3.63, 3.8) is 0 Å². The lowest BCUT2D eigenvalue weighted by atomic mass is 10.0. The first-order valence-corrected chi connectivity index (χ1v) is 7.30. The molecule has 2 rings (SSSR count). The molecule has 116 valence electrons. The molecular formula is C16H24N2O3. The first kappa shape index (κ1) is 15.8. The van der Waals surface area contributed by atoms with Gasteiger partial charge in [0.1, 0.15) is 0 Å². The van der Waals surface area contributed by atoms with Gasteiger partial charge in [0.2, 0.25) is 5.91 Å². The number of aliphatic hydroxyl groups is 1. The number of ether oxygens (including phenoxy) is 1. The van der Waals surface area contributed by atoms with Crippen molar-refractivity contribution in [2.75, 3.05) is 25.4 Å². The van der Waals surface area contributed by atoms with Gasteiger partial charge in [-0.25, -0.2) is 0 Å². The Hall–Kier alpha value is -1.59. The van der Waals surface area contributed by atoms with Crippen LogP contribution in [-0.2, 0) is 16.0 Å². The molecule has 3 N–H and O–H groups in total. The van der Waals surface area contributed by atoms with E-state index >= 15 is 0 Å². The van der Waals surface area contributed by atoms with Gasteiger partial charge in [0.05, 0.1) is 18.3 Å². The number of carbonyl (C=O) groups excluding carboxylic acids is 1. The summed E-state index contributed by atoms with van der Waals surface area (Å²) in [6.07, 6.45) is 0.855. The van der Waals surface area contributed by atoms with E-state index in [1.807, 2.05) is 38.1 Å². The quantitative estimate of drug-likeness (QED) is 0.818. The summed E-state index contributed by atoms with van der Waals surface area (Å²) in [6, 6.07) is 7.59. The van der Waals surface area contributed by atoms with Gasteiger partial charge in [-0.3, -0.25) is 4.79 Å². The van der Waals surface area contributed by atoms with Crippen LogP contribution in [-0.4, -0.2) is 47.3 Å². The average Bonchev–Trinajstić information content (AvgIpc) is 2.44. The van der Waals surface area contributed by atoms with E-state index in [2.05, 4.69) is 0 Å². The summed E-state index contributed by atoms with van der Waals surface area (Å²) < 4.78 is 5.72. The molecular weight excluding hydrogens is 268 g/mol. The van der Waals surface area contributed by atoms with E-state index in [1.165, 1.54) is 0 Å². The maximum absolute atomic E-state index is 12.4. The van der Waals surface area contributed by atoms with Crippen molar-refractivity contribution in [1.29, 1.82) is 0 Å². The minimum Gasteiger partial charge on any atom is -0.399 e. The van der Waals surface area contributed by atoms with Gasteiger partial charge in [-0.15, -0.1) is 0 Å². The lowest BCUT2D eigenvalue weighted by Gasteiger charge is -2.42. The molecule has 1 saturated heterocycles. The zero-order valence-corrected chi connectivity index (χ0v) is 12.7. The molecule has 1 aromatic carbocycles. The SMILES string of the molecule is CC1(C)CN(C(=O)CCc2ccc(N)cc2)CC(CO)O1. The van der Waals surface area contributed by atoms with E-state index in [9.17, 15) is 9.90 Å². The van der Waals surface area contributed by atoms with Gasteiger partial charge in [0.15, 0.2) is 0 Å². The fourth-order valence-electron chi connectivity index (χ4n) is 2.67. The highest BCUT2D eigenvalue weighted by atomic mass is 16.5. The molecule has 0 aromatic heterocycles. The maximum atomic E-state index is 12.4. The van der Waals surface area contributed by atoms with Crippen LogP contribution in [0, 0.1) is 0 Å². The predicted octanol–water partition coefficient (Wildman–Crippen LogP) is 1.20. The van der Waals surface area contributed by atoms with Crippen LogP contribution in [0.3, 0.4) is 0 Å². The molecule has 1 unspecified atom stereocenters. The predicted molar refractivity (Wildman–Crippen MR) is 81.8 cm³/mol. The van der Waals surface area contributed by atoms with Crippen LogP contribution in [0.25, 0.3) is 0 Å². The standard InChI is InChI=1S/C16H24N2O3/c1-16(2)11-18(9-14(10-19)21-16)15(20)8-5-12-3-6-13(17)7-4-12/h3-4,6-7,14,19H,5,8-11,17H2,1-2H3. The third-order valence-corrected chi connectivity index (χ3v) is 3.64. The van der Waals surface area contributed by atoms with Gasteiger partial charge < -0.3 is 20.5 Å². The van der Waals surface area contributed by atoms with E-state index in [-0.39, 0.29) is 18.6 Å². The highest BCUT2D eigenvalue weighted by Gasteiger charge is 2.34.